The topological polar surface area (TPSA) is 117 Å². The smallest absolute Gasteiger partial charge is 0.414 e. The zero-order valence-electron chi connectivity index (χ0n) is 28.2. The van der Waals surface area contributed by atoms with Crippen molar-refractivity contribution in [2.24, 2.45) is 5.92 Å². The molecule has 0 bridgehead atoms. The molecule has 2 aromatic rings. The number of fused-ring (bicyclic) bond motifs is 1. The van der Waals surface area contributed by atoms with Crippen molar-refractivity contribution >= 4 is 36.6 Å². The Hall–Kier alpha value is -2.05. The Balaban J connectivity index is 1.79. The van der Waals surface area contributed by atoms with Gasteiger partial charge in [-0.25, -0.2) is 23.5 Å². The Morgan fingerprint density at radius 2 is 1.83 bits per heavy atom. The summed E-state index contributed by atoms with van der Waals surface area (Å²) in [7, 11) is -1.45. The Morgan fingerprint density at radius 1 is 1.17 bits per heavy atom. The number of halogens is 5. The van der Waals surface area contributed by atoms with Gasteiger partial charge in [-0.3, -0.25) is 0 Å². The average Bonchev–Trinajstić information content (AvgIpc) is 3.70. The summed E-state index contributed by atoms with van der Waals surface area (Å²) in [6, 6.07) is 1.81. The quantitative estimate of drug-likeness (QED) is 0.102. The fourth-order valence-electron chi connectivity index (χ4n) is 5.22. The standard InChI is InChI=1S/C30H47F5N6O4SSi/c1-18(45-19(2)30(33,34)35)23(39-46(43)28(3,4)5)26-38-25-22(41(26)17-44-13-14-47(6,7)8)12-11-21(37-25)24(20-9-10-20)40-16-29(31,32)15-36-27(40)42/h11-12,18-20,23-24,39H,9-10,13-17H2,1-8H3,(H,36,42)/t18-,19-,23+,24-,46-/m1/s1. The second-order valence-corrected chi connectivity index (χ2v) is 22.4. The van der Waals surface area contributed by atoms with Crippen molar-refractivity contribution in [1.82, 2.24) is 29.5 Å². The maximum atomic E-state index is 14.4. The van der Waals surface area contributed by atoms with Crippen molar-refractivity contribution in [3.8, 4) is 0 Å². The second kappa shape index (κ2) is 14.1. The highest BCUT2D eigenvalue weighted by molar-refractivity contribution is 7.90. The molecule has 2 N–H and O–H groups in total. The van der Waals surface area contributed by atoms with Gasteiger partial charge in [0.15, 0.2) is 11.8 Å². The number of nitrogens with zero attached hydrogens (tertiary/aromatic N) is 4. The summed E-state index contributed by atoms with van der Waals surface area (Å²) >= 11 is -1.74. The predicted molar refractivity (Wildman–Crippen MR) is 172 cm³/mol. The van der Waals surface area contributed by atoms with E-state index in [9.17, 15) is 31.3 Å². The van der Waals surface area contributed by atoms with Crippen LogP contribution in [0, 0.1) is 5.92 Å². The van der Waals surface area contributed by atoms with E-state index in [1.807, 2.05) is 0 Å². The minimum absolute atomic E-state index is 0.0218. The molecule has 0 radical (unpaired) electrons. The molecule has 2 fully saturated rings. The molecular formula is C30H47F5N6O4SSi. The zero-order chi connectivity index (χ0) is 35.1. The molecule has 0 spiro atoms. The third kappa shape index (κ3) is 9.77. The van der Waals surface area contributed by atoms with Gasteiger partial charge in [0.1, 0.15) is 23.3 Å². The molecule has 3 heterocycles. The van der Waals surface area contributed by atoms with Gasteiger partial charge in [0.25, 0.3) is 5.92 Å². The number of urea groups is 1. The van der Waals surface area contributed by atoms with Gasteiger partial charge in [-0.1, -0.05) is 19.6 Å². The number of rotatable bonds is 14. The fourth-order valence-corrected chi connectivity index (χ4v) is 6.85. The third-order valence-corrected chi connectivity index (χ3v) is 11.5. The van der Waals surface area contributed by atoms with Gasteiger partial charge in [-0.15, -0.1) is 4.72 Å². The lowest BCUT2D eigenvalue weighted by molar-refractivity contribution is -0.227. The molecule has 1 saturated heterocycles. The average molecular weight is 711 g/mol. The van der Waals surface area contributed by atoms with Gasteiger partial charge in [0, 0.05) is 26.0 Å². The highest BCUT2D eigenvalue weighted by Gasteiger charge is 2.47. The van der Waals surface area contributed by atoms with Gasteiger partial charge in [0.2, 0.25) is 0 Å². The number of alkyl halides is 5. The number of pyridine rings is 1. The van der Waals surface area contributed by atoms with Gasteiger partial charge in [-0.05, 0) is 71.6 Å². The maximum Gasteiger partial charge on any atom is 0.414 e. The number of hydrogen-bond acceptors (Lipinski definition) is 7. The van der Waals surface area contributed by atoms with Gasteiger partial charge >= 0.3 is 12.2 Å². The summed E-state index contributed by atoms with van der Waals surface area (Å²) in [4.78, 5) is 23.4. The molecule has 2 amide bonds. The number of carbonyl (C=O) groups excluding carboxylic acids is 1. The van der Waals surface area contributed by atoms with Crippen LogP contribution in [0.4, 0.5) is 26.7 Å². The number of nitrogens with one attached hydrogen (secondary N) is 2. The highest BCUT2D eigenvalue weighted by Crippen LogP contribution is 2.45. The number of carbonyl (C=O) groups is 1. The van der Waals surface area contributed by atoms with Crippen LogP contribution < -0.4 is 10.0 Å². The first-order valence-electron chi connectivity index (χ1n) is 15.8. The summed E-state index contributed by atoms with van der Waals surface area (Å²) in [5.41, 5.74) is 1.04. The first-order valence-corrected chi connectivity index (χ1v) is 20.7. The van der Waals surface area contributed by atoms with Crippen LogP contribution >= 0.6 is 0 Å². The first-order chi connectivity index (χ1) is 21.6. The number of imidazole rings is 1. The fraction of sp³-hybridized carbons (Fsp3) is 0.767. The minimum atomic E-state index is -4.63. The third-order valence-electron chi connectivity index (χ3n) is 8.17. The van der Waals surface area contributed by atoms with E-state index in [-0.39, 0.29) is 24.1 Å². The van der Waals surface area contributed by atoms with Crippen molar-refractivity contribution < 1.29 is 40.8 Å². The van der Waals surface area contributed by atoms with Crippen molar-refractivity contribution in [1.29, 1.82) is 0 Å². The Labute approximate surface area is 276 Å². The van der Waals surface area contributed by atoms with E-state index in [0.717, 1.165) is 30.7 Å². The lowest BCUT2D eigenvalue weighted by Crippen LogP contribution is -2.58. The molecule has 2 aliphatic rings. The van der Waals surface area contributed by atoms with Crippen LogP contribution in [0.5, 0.6) is 0 Å². The van der Waals surface area contributed by atoms with E-state index < -0.39 is 79.7 Å². The Morgan fingerprint density at radius 3 is 2.40 bits per heavy atom. The van der Waals surface area contributed by atoms with Gasteiger partial charge < -0.3 is 28.8 Å². The maximum absolute atomic E-state index is 14.4. The van der Waals surface area contributed by atoms with E-state index >= 15 is 0 Å². The lowest BCUT2D eigenvalue weighted by Gasteiger charge is -2.38. The van der Waals surface area contributed by atoms with E-state index in [0.29, 0.717) is 17.8 Å². The Kier molecular flexibility index (Phi) is 11.3. The van der Waals surface area contributed by atoms with Crippen molar-refractivity contribution in [2.45, 2.75) is 121 Å². The van der Waals surface area contributed by atoms with Gasteiger partial charge in [0.05, 0.1) is 36.4 Å². The number of amides is 2. The molecule has 1 aliphatic carbocycles. The minimum Gasteiger partial charge on any atom is -0.598 e. The summed E-state index contributed by atoms with van der Waals surface area (Å²) in [6.45, 7) is 13.1. The summed E-state index contributed by atoms with van der Waals surface area (Å²) < 4.78 is 98.2. The van der Waals surface area contributed by atoms with Crippen molar-refractivity contribution in [3.05, 3.63) is 23.7 Å². The van der Waals surface area contributed by atoms with E-state index in [1.165, 1.54) is 6.92 Å². The summed E-state index contributed by atoms with van der Waals surface area (Å²) in [5, 5.41) is 2.27. The molecule has 17 heteroatoms. The predicted octanol–water partition coefficient (Wildman–Crippen LogP) is 6.30. The molecule has 4 rings (SSSR count). The molecule has 10 nitrogen and oxygen atoms in total. The molecular weight excluding hydrogens is 664 g/mol. The van der Waals surface area contributed by atoms with E-state index in [4.69, 9.17) is 19.4 Å². The van der Waals surface area contributed by atoms with Gasteiger partial charge in [-0.2, -0.15) is 13.2 Å². The molecule has 1 saturated carbocycles. The lowest BCUT2D eigenvalue weighted by atomic mass is 10.0. The van der Waals surface area contributed by atoms with Crippen LogP contribution in [0.1, 0.15) is 71.1 Å². The first kappa shape index (κ1) is 37.8. The molecule has 1 aliphatic heterocycles. The van der Waals surface area contributed by atoms with Crippen LogP contribution in [0.15, 0.2) is 12.1 Å². The number of aromatic nitrogens is 3. The molecule has 47 heavy (non-hydrogen) atoms. The molecule has 0 aromatic carbocycles. The number of hydrogen-bond donors (Lipinski definition) is 2. The molecule has 2 aromatic heterocycles. The highest BCUT2D eigenvalue weighted by atomic mass is 32.2. The zero-order valence-corrected chi connectivity index (χ0v) is 30.0. The van der Waals surface area contributed by atoms with Crippen molar-refractivity contribution in [2.75, 3.05) is 19.7 Å². The molecule has 5 atom stereocenters. The Bertz CT molecular complexity index is 1400. The second-order valence-electron chi connectivity index (χ2n) is 14.8. The number of ether oxygens (including phenoxy) is 2. The largest absolute Gasteiger partial charge is 0.598 e. The molecule has 0 unspecified atom stereocenters. The van der Waals surface area contributed by atoms with E-state index in [2.05, 4.69) is 29.7 Å². The van der Waals surface area contributed by atoms with E-state index in [1.54, 1.807) is 37.5 Å². The SMILES string of the molecule is C[C@@H](O[C@H](C)C(F)(F)F)[C@H](N[S@+]([O-])C(C)(C)C)c1nc2nc([C@@H](C3CC3)N3CC(F)(F)CNC3=O)ccc2n1COCC[Si](C)(C)C. The van der Waals surface area contributed by atoms with Crippen LogP contribution in [-0.2, 0) is 27.6 Å². The summed E-state index contributed by atoms with van der Waals surface area (Å²) in [6.07, 6.45) is -6.43. The monoisotopic (exact) mass is 710 g/mol. The normalized spacial score (nSPS) is 21.0. The van der Waals surface area contributed by atoms with Crippen LogP contribution in [0.3, 0.4) is 0 Å². The van der Waals surface area contributed by atoms with Crippen molar-refractivity contribution in [3.63, 3.8) is 0 Å². The molecule has 266 valence electrons. The van der Waals surface area contributed by atoms with Crippen LogP contribution in [0.2, 0.25) is 25.7 Å². The summed E-state index contributed by atoms with van der Waals surface area (Å²) in [5.74, 6) is -2.98. The van der Waals surface area contributed by atoms with Crippen LogP contribution in [-0.4, -0.2) is 86.8 Å². The van der Waals surface area contributed by atoms with Crippen LogP contribution in [0.25, 0.3) is 11.2 Å².